The highest BCUT2D eigenvalue weighted by Gasteiger charge is 2.49. The topological polar surface area (TPSA) is 46.5 Å². The van der Waals surface area contributed by atoms with Gasteiger partial charge in [-0.2, -0.15) is 0 Å². The molecular formula is C25H46NO3+. The molecule has 0 spiro atoms. The molecule has 1 aliphatic carbocycles. The number of quaternary nitrogens is 1. The van der Waals surface area contributed by atoms with Crippen LogP contribution in [0.2, 0.25) is 0 Å². The van der Waals surface area contributed by atoms with Crippen LogP contribution in [0.25, 0.3) is 0 Å². The molecule has 3 rings (SSSR count). The lowest BCUT2D eigenvalue weighted by molar-refractivity contribution is -0.879. The number of carbonyl (C=O) groups is 1. The molecule has 0 bridgehead atoms. The maximum absolute atomic E-state index is 12.9. The Bertz CT molecular complexity index is 552. The SMILES string of the molecule is CC.CC.CC.C[N+]1(C)CCC(OC(=O)C(O)(c2ccccc2)C2CCCC2)C1. The van der Waals surface area contributed by atoms with Gasteiger partial charge < -0.3 is 14.3 Å². The van der Waals surface area contributed by atoms with Gasteiger partial charge >= 0.3 is 5.97 Å². The summed E-state index contributed by atoms with van der Waals surface area (Å²) in [7, 11) is 4.29. The number of hydrogen-bond acceptors (Lipinski definition) is 3. The van der Waals surface area contributed by atoms with Crippen LogP contribution in [-0.4, -0.2) is 48.8 Å². The number of likely N-dealkylation sites (tertiary alicyclic amines) is 1. The van der Waals surface area contributed by atoms with E-state index in [1.807, 2.05) is 71.9 Å². The molecule has 0 aromatic heterocycles. The van der Waals surface area contributed by atoms with Crippen LogP contribution in [0.1, 0.15) is 79.2 Å². The molecule has 0 radical (unpaired) electrons. The van der Waals surface area contributed by atoms with Crippen LogP contribution < -0.4 is 0 Å². The highest BCUT2D eigenvalue weighted by molar-refractivity contribution is 5.81. The Morgan fingerprint density at radius 1 is 0.966 bits per heavy atom. The van der Waals surface area contributed by atoms with Crippen molar-refractivity contribution < 1.29 is 19.1 Å². The number of aliphatic hydroxyl groups is 1. The van der Waals surface area contributed by atoms with Gasteiger partial charge in [-0.3, -0.25) is 0 Å². The first kappa shape index (κ1) is 27.6. The first-order valence-corrected chi connectivity index (χ1v) is 11.7. The number of benzene rings is 1. The van der Waals surface area contributed by atoms with Gasteiger partial charge in [-0.15, -0.1) is 0 Å². The van der Waals surface area contributed by atoms with E-state index in [1.165, 1.54) is 0 Å². The monoisotopic (exact) mass is 408 g/mol. The zero-order valence-electron chi connectivity index (χ0n) is 20.2. The maximum atomic E-state index is 12.9. The molecule has 2 fully saturated rings. The van der Waals surface area contributed by atoms with Crippen molar-refractivity contribution in [3.63, 3.8) is 0 Å². The van der Waals surface area contributed by atoms with Gasteiger partial charge in [0.2, 0.25) is 0 Å². The molecule has 168 valence electrons. The summed E-state index contributed by atoms with van der Waals surface area (Å²) in [4.78, 5) is 12.9. The predicted octanol–water partition coefficient (Wildman–Crippen LogP) is 5.53. The van der Waals surface area contributed by atoms with Crippen molar-refractivity contribution in [2.75, 3.05) is 27.2 Å². The zero-order valence-corrected chi connectivity index (χ0v) is 20.2. The van der Waals surface area contributed by atoms with E-state index in [9.17, 15) is 9.90 Å². The molecule has 1 N–H and O–H groups in total. The molecule has 2 unspecified atom stereocenters. The van der Waals surface area contributed by atoms with Crippen LogP contribution >= 0.6 is 0 Å². The lowest BCUT2D eigenvalue weighted by atomic mass is 9.80. The smallest absolute Gasteiger partial charge is 0.343 e. The summed E-state index contributed by atoms with van der Waals surface area (Å²) < 4.78 is 6.64. The van der Waals surface area contributed by atoms with Crippen molar-refractivity contribution in [3.05, 3.63) is 35.9 Å². The van der Waals surface area contributed by atoms with Crippen LogP contribution in [0.4, 0.5) is 0 Å². The van der Waals surface area contributed by atoms with Gasteiger partial charge in [-0.25, -0.2) is 4.79 Å². The summed E-state index contributed by atoms with van der Waals surface area (Å²) in [6, 6.07) is 9.33. The van der Waals surface area contributed by atoms with Crippen LogP contribution in [-0.2, 0) is 15.1 Å². The van der Waals surface area contributed by atoms with Gasteiger partial charge in [0.05, 0.1) is 20.6 Å². The molecular weight excluding hydrogens is 362 g/mol. The summed E-state index contributed by atoms with van der Waals surface area (Å²) in [5.41, 5.74) is -0.832. The number of hydrogen-bond donors (Lipinski definition) is 1. The molecule has 2 aliphatic rings. The zero-order chi connectivity index (χ0) is 22.5. The number of carbonyl (C=O) groups excluding carboxylic acids is 1. The van der Waals surface area contributed by atoms with Crippen LogP contribution in [0.15, 0.2) is 30.3 Å². The van der Waals surface area contributed by atoms with E-state index in [0.29, 0.717) is 5.56 Å². The Balaban J connectivity index is 0.00000120. The molecule has 1 aliphatic heterocycles. The summed E-state index contributed by atoms with van der Waals surface area (Å²) >= 11 is 0. The number of ether oxygens (including phenoxy) is 1. The largest absolute Gasteiger partial charge is 0.454 e. The number of esters is 1. The van der Waals surface area contributed by atoms with E-state index >= 15 is 0 Å². The molecule has 1 saturated carbocycles. The lowest BCUT2D eigenvalue weighted by Crippen LogP contribution is -2.46. The first-order valence-electron chi connectivity index (χ1n) is 11.7. The van der Waals surface area contributed by atoms with Gasteiger partial charge in [-0.05, 0) is 18.4 Å². The third kappa shape index (κ3) is 7.42. The van der Waals surface area contributed by atoms with E-state index in [-0.39, 0.29) is 12.0 Å². The van der Waals surface area contributed by atoms with Crippen molar-refractivity contribution in [2.45, 2.75) is 85.4 Å². The summed E-state index contributed by atoms with van der Waals surface area (Å²) in [6.07, 6.45) is 4.68. The summed E-state index contributed by atoms with van der Waals surface area (Å²) in [5.74, 6) is -0.496. The van der Waals surface area contributed by atoms with Crippen molar-refractivity contribution in [1.29, 1.82) is 0 Å². The third-order valence-electron chi connectivity index (χ3n) is 5.50. The quantitative estimate of drug-likeness (QED) is 0.526. The van der Waals surface area contributed by atoms with E-state index < -0.39 is 11.6 Å². The Morgan fingerprint density at radius 3 is 1.93 bits per heavy atom. The van der Waals surface area contributed by atoms with E-state index in [1.54, 1.807) is 0 Å². The Morgan fingerprint density at radius 2 is 1.48 bits per heavy atom. The fourth-order valence-electron chi connectivity index (χ4n) is 4.12. The van der Waals surface area contributed by atoms with Crippen LogP contribution in [0, 0.1) is 5.92 Å². The van der Waals surface area contributed by atoms with Crippen molar-refractivity contribution in [1.82, 2.24) is 0 Å². The summed E-state index contributed by atoms with van der Waals surface area (Å²) in [6.45, 7) is 13.8. The summed E-state index contributed by atoms with van der Waals surface area (Å²) in [5, 5.41) is 11.4. The number of nitrogens with zero attached hydrogens (tertiary/aromatic N) is 1. The third-order valence-corrected chi connectivity index (χ3v) is 5.50. The van der Waals surface area contributed by atoms with Crippen molar-refractivity contribution >= 4 is 5.97 Å². The van der Waals surface area contributed by atoms with E-state index in [0.717, 1.165) is 49.7 Å². The molecule has 1 saturated heterocycles. The van der Waals surface area contributed by atoms with Gasteiger partial charge in [0.25, 0.3) is 0 Å². The van der Waals surface area contributed by atoms with Crippen molar-refractivity contribution in [3.8, 4) is 0 Å². The Labute approximate surface area is 179 Å². The minimum absolute atomic E-state index is 0.0405. The second-order valence-electron chi connectivity index (χ2n) is 7.77. The standard InChI is InChI=1S/C19H28NO3.3C2H6/c1-20(2)13-12-17(14-20)23-18(21)19(22,16-10-6-7-11-16)15-8-4-3-5-9-15;3*1-2/h3-5,8-9,16-17,22H,6-7,10-14H2,1-2H3;3*1-2H3/q+1;;;. The normalized spacial score (nSPS) is 21.9. The van der Waals surface area contributed by atoms with Crippen LogP contribution in [0.5, 0.6) is 0 Å². The maximum Gasteiger partial charge on any atom is 0.343 e. The molecule has 1 heterocycles. The van der Waals surface area contributed by atoms with E-state index in [4.69, 9.17) is 4.74 Å². The molecule has 4 nitrogen and oxygen atoms in total. The van der Waals surface area contributed by atoms with Gasteiger partial charge in [0.15, 0.2) is 11.7 Å². The highest BCUT2D eigenvalue weighted by Crippen LogP contribution is 2.42. The second kappa shape index (κ2) is 13.8. The van der Waals surface area contributed by atoms with E-state index in [2.05, 4.69) is 14.1 Å². The average Bonchev–Trinajstić information content (AvgIpc) is 3.42. The Kier molecular flexibility index (Phi) is 13.1. The highest BCUT2D eigenvalue weighted by atomic mass is 16.6. The molecule has 1 aromatic rings. The van der Waals surface area contributed by atoms with Gasteiger partial charge in [0, 0.05) is 12.3 Å². The fraction of sp³-hybridized carbons (Fsp3) is 0.720. The Hall–Kier alpha value is -1.39. The van der Waals surface area contributed by atoms with Crippen molar-refractivity contribution in [2.24, 2.45) is 5.92 Å². The van der Waals surface area contributed by atoms with Gasteiger partial charge in [0.1, 0.15) is 6.54 Å². The molecule has 4 heteroatoms. The molecule has 29 heavy (non-hydrogen) atoms. The molecule has 0 amide bonds. The first-order chi connectivity index (χ1) is 13.9. The second-order valence-corrected chi connectivity index (χ2v) is 7.77. The fourth-order valence-corrected chi connectivity index (χ4v) is 4.12. The minimum atomic E-state index is -1.50. The predicted molar refractivity (Wildman–Crippen MR) is 123 cm³/mol. The minimum Gasteiger partial charge on any atom is -0.454 e. The number of likely N-dealkylation sites (N-methyl/N-ethyl adjacent to an activating group) is 1. The number of rotatable bonds is 4. The molecule has 1 aromatic carbocycles. The average molecular weight is 409 g/mol. The lowest BCUT2D eigenvalue weighted by Gasteiger charge is -2.33. The van der Waals surface area contributed by atoms with Gasteiger partial charge in [-0.1, -0.05) is 84.7 Å². The molecule has 2 atom stereocenters. The van der Waals surface area contributed by atoms with Crippen LogP contribution in [0.3, 0.4) is 0 Å².